The van der Waals surface area contributed by atoms with Crippen molar-refractivity contribution in [1.29, 1.82) is 0 Å². The molecular formula is C14H22F3N3S. The summed E-state index contributed by atoms with van der Waals surface area (Å²) in [5.74, 6) is -0.987. The molecule has 0 saturated heterocycles. The third kappa shape index (κ3) is 4.39. The molecule has 1 aliphatic carbocycles. The minimum absolute atomic E-state index is 0.147. The molecule has 1 aliphatic rings. The normalized spacial score (nSPS) is 25.0. The number of halogens is 3. The van der Waals surface area contributed by atoms with Gasteiger partial charge < -0.3 is 5.32 Å². The van der Waals surface area contributed by atoms with Crippen molar-refractivity contribution < 1.29 is 13.2 Å². The maximum Gasteiger partial charge on any atom is 0.391 e. The van der Waals surface area contributed by atoms with Crippen molar-refractivity contribution in [2.75, 3.05) is 6.54 Å². The first-order chi connectivity index (χ1) is 9.91. The second kappa shape index (κ2) is 7.05. The van der Waals surface area contributed by atoms with Crippen LogP contribution in [0.2, 0.25) is 0 Å². The molecule has 1 heterocycles. The molecule has 1 aromatic rings. The second-order valence-electron chi connectivity index (χ2n) is 5.74. The highest BCUT2D eigenvalue weighted by Crippen LogP contribution is 2.43. The van der Waals surface area contributed by atoms with Crippen LogP contribution in [0.25, 0.3) is 0 Å². The average Bonchev–Trinajstić information content (AvgIpc) is 2.94. The van der Waals surface area contributed by atoms with Crippen LogP contribution in [-0.2, 0) is 0 Å². The molecule has 120 valence electrons. The summed E-state index contributed by atoms with van der Waals surface area (Å²) in [6.07, 6.45) is -1.43. The summed E-state index contributed by atoms with van der Waals surface area (Å²) in [6.45, 7) is 5.07. The minimum Gasteiger partial charge on any atom is -0.308 e. The van der Waals surface area contributed by atoms with Crippen LogP contribution >= 0.6 is 11.3 Å². The van der Waals surface area contributed by atoms with Gasteiger partial charge >= 0.3 is 6.18 Å². The standard InChI is InChI=1S/C14H22F3N3S/c1-3-8-18-9(2)12-19-20-13(21-12)10-4-6-11(7-5-10)14(15,16)17/h9-11,18H,3-8H2,1-2H3. The van der Waals surface area contributed by atoms with Gasteiger partial charge in [-0.15, -0.1) is 10.2 Å². The number of nitrogens with one attached hydrogen (secondary N) is 1. The van der Waals surface area contributed by atoms with Crippen molar-refractivity contribution >= 4 is 11.3 Å². The van der Waals surface area contributed by atoms with Crippen molar-refractivity contribution in [3.63, 3.8) is 0 Å². The Bertz CT molecular complexity index is 439. The van der Waals surface area contributed by atoms with Gasteiger partial charge in [-0.05, 0) is 45.6 Å². The Labute approximate surface area is 127 Å². The number of hydrogen-bond acceptors (Lipinski definition) is 4. The van der Waals surface area contributed by atoms with Crippen LogP contribution in [0.5, 0.6) is 0 Å². The van der Waals surface area contributed by atoms with Gasteiger partial charge in [0.15, 0.2) is 0 Å². The molecule has 0 radical (unpaired) electrons. The van der Waals surface area contributed by atoms with E-state index in [2.05, 4.69) is 22.4 Å². The smallest absolute Gasteiger partial charge is 0.308 e. The van der Waals surface area contributed by atoms with Gasteiger partial charge in [-0.3, -0.25) is 0 Å². The van der Waals surface area contributed by atoms with Crippen LogP contribution < -0.4 is 5.32 Å². The summed E-state index contributed by atoms with van der Waals surface area (Å²) in [5.41, 5.74) is 0. The summed E-state index contributed by atoms with van der Waals surface area (Å²) in [7, 11) is 0. The van der Waals surface area contributed by atoms with Gasteiger partial charge in [0.05, 0.1) is 12.0 Å². The molecule has 0 aliphatic heterocycles. The molecule has 1 atom stereocenters. The fourth-order valence-electron chi connectivity index (χ4n) is 2.70. The van der Waals surface area contributed by atoms with Crippen LogP contribution in [0.15, 0.2) is 0 Å². The SMILES string of the molecule is CCCNC(C)c1nnc(C2CCC(C(F)(F)F)CC2)s1. The summed E-state index contributed by atoms with van der Waals surface area (Å²) in [6, 6.07) is 0.155. The van der Waals surface area contributed by atoms with Crippen LogP contribution in [0, 0.1) is 5.92 Å². The first-order valence-electron chi connectivity index (χ1n) is 7.55. The lowest BCUT2D eigenvalue weighted by Gasteiger charge is -2.28. The monoisotopic (exact) mass is 321 g/mol. The Kier molecular flexibility index (Phi) is 5.60. The van der Waals surface area contributed by atoms with E-state index in [1.807, 2.05) is 6.92 Å². The average molecular weight is 321 g/mol. The fourth-order valence-corrected chi connectivity index (χ4v) is 3.74. The molecule has 7 heteroatoms. The molecule has 0 aromatic carbocycles. The molecular weight excluding hydrogens is 299 g/mol. The van der Waals surface area contributed by atoms with Gasteiger partial charge in [0.2, 0.25) is 0 Å². The van der Waals surface area contributed by atoms with Crippen molar-refractivity contribution in [1.82, 2.24) is 15.5 Å². The Morgan fingerprint density at radius 2 is 1.90 bits per heavy atom. The Morgan fingerprint density at radius 1 is 1.24 bits per heavy atom. The molecule has 0 spiro atoms. The highest BCUT2D eigenvalue weighted by Gasteiger charge is 2.42. The molecule has 0 bridgehead atoms. The van der Waals surface area contributed by atoms with E-state index in [1.165, 1.54) is 0 Å². The minimum atomic E-state index is -4.05. The van der Waals surface area contributed by atoms with Crippen molar-refractivity contribution in [2.24, 2.45) is 5.92 Å². The molecule has 1 unspecified atom stereocenters. The zero-order valence-electron chi connectivity index (χ0n) is 12.4. The van der Waals surface area contributed by atoms with Crippen LogP contribution in [0.1, 0.15) is 67.9 Å². The topological polar surface area (TPSA) is 37.8 Å². The summed E-state index contributed by atoms with van der Waals surface area (Å²) in [5, 5.41) is 13.6. The first kappa shape index (κ1) is 16.7. The lowest BCUT2D eigenvalue weighted by Crippen LogP contribution is -2.27. The third-order valence-corrected chi connectivity index (χ3v) is 5.34. The second-order valence-corrected chi connectivity index (χ2v) is 6.79. The fraction of sp³-hybridized carbons (Fsp3) is 0.857. The molecule has 21 heavy (non-hydrogen) atoms. The highest BCUT2D eigenvalue weighted by molar-refractivity contribution is 7.11. The predicted molar refractivity (Wildman–Crippen MR) is 77.4 cm³/mol. The van der Waals surface area contributed by atoms with Crippen LogP contribution in [0.4, 0.5) is 13.2 Å². The van der Waals surface area contributed by atoms with E-state index in [9.17, 15) is 13.2 Å². The van der Waals surface area contributed by atoms with E-state index in [-0.39, 0.29) is 24.8 Å². The lowest BCUT2D eigenvalue weighted by molar-refractivity contribution is -0.182. The van der Waals surface area contributed by atoms with E-state index in [0.29, 0.717) is 12.8 Å². The van der Waals surface area contributed by atoms with Gasteiger partial charge in [0.25, 0.3) is 0 Å². The Balaban J connectivity index is 1.91. The Hall–Kier alpha value is -0.690. The van der Waals surface area contributed by atoms with E-state index < -0.39 is 12.1 Å². The van der Waals surface area contributed by atoms with E-state index in [0.717, 1.165) is 23.0 Å². The molecule has 1 aromatic heterocycles. The number of alkyl halides is 3. The molecule has 1 saturated carbocycles. The van der Waals surface area contributed by atoms with Gasteiger partial charge in [-0.1, -0.05) is 18.3 Å². The van der Waals surface area contributed by atoms with E-state index in [1.54, 1.807) is 11.3 Å². The quantitative estimate of drug-likeness (QED) is 0.871. The third-order valence-electron chi connectivity index (χ3n) is 4.07. The number of hydrogen-bond donors (Lipinski definition) is 1. The Morgan fingerprint density at radius 3 is 2.48 bits per heavy atom. The molecule has 1 N–H and O–H groups in total. The van der Waals surface area contributed by atoms with Gasteiger partial charge in [-0.2, -0.15) is 13.2 Å². The molecule has 2 rings (SSSR count). The van der Waals surface area contributed by atoms with Crippen molar-refractivity contribution in [3.8, 4) is 0 Å². The number of nitrogens with zero attached hydrogens (tertiary/aromatic N) is 2. The maximum absolute atomic E-state index is 12.7. The van der Waals surface area contributed by atoms with E-state index >= 15 is 0 Å². The molecule has 3 nitrogen and oxygen atoms in total. The number of rotatable bonds is 5. The van der Waals surface area contributed by atoms with E-state index in [4.69, 9.17) is 0 Å². The molecule has 1 fully saturated rings. The molecule has 0 amide bonds. The van der Waals surface area contributed by atoms with Crippen molar-refractivity contribution in [2.45, 2.75) is 64.1 Å². The highest BCUT2D eigenvalue weighted by atomic mass is 32.1. The summed E-state index contributed by atoms with van der Waals surface area (Å²) < 4.78 is 38.0. The lowest BCUT2D eigenvalue weighted by atomic mass is 9.82. The van der Waals surface area contributed by atoms with Crippen molar-refractivity contribution in [3.05, 3.63) is 10.0 Å². The maximum atomic E-state index is 12.7. The van der Waals surface area contributed by atoms with Gasteiger partial charge in [0.1, 0.15) is 10.0 Å². The van der Waals surface area contributed by atoms with Crippen LogP contribution in [0.3, 0.4) is 0 Å². The van der Waals surface area contributed by atoms with Gasteiger partial charge in [0, 0.05) is 5.92 Å². The first-order valence-corrected chi connectivity index (χ1v) is 8.36. The summed E-state index contributed by atoms with van der Waals surface area (Å²) in [4.78, 5) is 0. The zero-order chi connectivity index (χ0) is 15.5. The van der Waals surface area contributed by atoms with Crippen LogP contribution in [-0.4, -0.2) is 22.9 Å². The largest absolute Gasteiger partial charge is 0.391 e. The zero-order valence-corrected chi connectivity index (χ0v) is 13.2. The predicted octanol–water partition coefficient (Wildman–Crippen LogP) is 4.43. The number of aromatic nitrogens is 2. The summed E-state index contributed by atoms with van der Waals surface area (Å²) >= 11 is 1.54. The van der Waals surface area contributed by atoms with Gasteiger partial charge in [-0.25, -0.2) is 0 Å².